The number of nitrogens with two attached hydrogens (primary N) is 1. The molecule has 1 aromatic carbocycles. The van der Waals surface area contributed by atoms with E-state index in [4.69, 9.17) is 10.5 Å². The van der Waals surface area contributed by atoms with Crippen molar-refractivity contribution < 1.29 is 4.74 Å². The molecule has 0 aliphatic heterocycles. The Morgan fingerprint density at radius 3 is 3.11 bits per heavy atom. The molecular weight excluding hydrogens is 262 g/mol. The SMILES string of the molecule is Nc1cccc(Oc2nc(Cn3ccnc3)ns2)c1. The minimum atomic E-state index is 0.501. The van der Waals surface area contributed by atoms with Gasteiger partial charge in [-0.1, -0.05) is 6.07 Å². The first-order valence-electron chi connectivity index (χ1n) is 5.61. The first kappa shape index (κ1) is 11.7. The molecule has 96 valence electrons. The largest absolute Gasteiger partial charge is 0.430 e. The predicted octanol–water partition coefficient (Wildman–Crippen LogP) is 2.16. The number of hydrogen-bond donors (Lipinski definition) is 1. The van der Waals surface area contributed by atoms with E-state index in [9.17, 15) is 0 Å². The summed E-state index contributed by atoms with van der Waals surface area (Å²) in [6, 6.07) is 7.21. The smallest absolute Gasteiger partial charge is 0.298 e. The molecule has 0 atom stereocenters. The maximum atomic E-state index is 5.68. The third-order valence-electron chi connectivity index (χ3n) is 2.40. The molecule has 0 saturated heterocycles. The van der Waals surface area contributed by atoms with E-state index in [1.54, 1.807) is 24.7 Å². The van der Waals surface area contributed by atoms with Gasteiger partial charge in [0.25, 0.3) is 5.19 Å². The molecular formula is C12H11N5OS. The van der Waals surface area contributed by atoms with Crippen molar-refractivity contribution in [2.75, 3.05) is 5.73 Å². The van der Waals surface area contributed by atoms with Gasteiger partial charge in [-0.25, -0.2) is 4.98 Å². The summed E-state index contributed by atoms with van der Waals surface area (Å²) < 4.78 is 11.7. The van der Waals surface area contributed by atoms with Crippen molar-refractivity contribution in [3.63, 3.8) is 0 Å². The van der Waals surface area contributed by atoms with Crippen LogP contribution < -0.4 is 10.5 Å². The van der Waals surface area contributed by atoms with Crippen LogP contribution in [0.2, 0.25) is 0 Å². The Labute approximate surface area is 113 Å². The Balaban J connectivity index is 1.71. The van der Waals surface area contributed by atoms with Crippen LogP contribution in [0.3, 0.4) is 0 Å². The fraction of sp³-hybridized carbons (Fsp3) is 0.0833. The van der Waals surface area contributed by atoms with Gasteiger partial charge in [-0.2, -0.15) is 9.36 Å². The van der Waals surface area contributed by atoms with Gasteiger partial charge >= 0.3 is 0 Å². The van der Waals surface area contributed by atoms with Crippen LogP contribution in [0.15, 0.2) is 43.0 Å². The molecule has 7 heteroatoms. The highest BCUT2D eigenvalue weighted by Crippen LogP contribution is 2.24. The summed E-state index contributed by atoms with van der Waals surface area (Å²) in [4.78, 5) is 8.27. The third-order valence-corrected chi connectivity index (χ3v) is 3.03. The van der Waals surface area contributed by atoms with Crippen molar-refractivity contribution in [1.82, 2.24) is 18.9 Å². The van der Waals surface area contributed by atoms with Crippen molar-refractivity contribution in [2.24, 2.45) is 0 Å². The van der Waals surface area contributed by atoms with Crippen LogP contribution in [0, 0.1) is 0 Å². The van der Waals surface area contributed by atoms with Crippen LogP contribution in [0.5, 0.6) is 10.9 Å². The Hall–Kier alpha value is -2.41. The van der Waals surface area contributed by atoms with Gasteiger partial charge in [-0.15, -0.1) is 0 Å². The number of benzene rings is 1. The van der Waals surface area contributed by atoms with Crippen LogP contribution in [0.4, 0.5) is 5.69 Å². The first-order chi connectivity index (χ1) is 9.29. The maximum absolute atomic E-state index is 5.68. The quantitative estimate of drug-likeness (QED) is 0.737. The van der Waals surface area contributed by atoms with Crippen molar-refractivity contribution in [3.8, 4) is 10.9 Å². The van der Waals surface area contributed by atoms with Gasteiger partial charge in [0.05, 0.1) is 12.9 Å². The van der Waals surface area contributed by atoms with Crippen molar-refractivity contribution >= 4 is 17.2 Å². The second-order valence-electron chi connectivity index (χ2n) is 3.89. The zero-order valence-corrected chi connectivity index (χ0v) is 10.7. The second kappa shape index (κ2) is 5.07. The molecule has 0 amide bonds. The van der Waals surface area contributed by atoms with E-state index >= 15 is 0 Å². The first-order valence-corrected chi connectivity index (χ1v) is 6.39. The van der Waals surface area contributed by atoms with E-state index in [0.29, 0.717) is 29.0 Å². The predicted molar refractivity (Wildman–Crippen MR) is 72.2 cm³/mol. The van der Waals surface area contributed by atoms with Crippen LogP contribution in [0.1, 0.15) is 5.82 Å². The molecule has 0 saturated carbocycles. The second-order valence-corrected chi connectivity index (χ2v) is 4.60. The van der Waals surface area contributed by atoms with Crippen molar-refractivity contribution in [1.29, 1.82) is 0 Å². The molecule has 3 rings (SSSR count). The molecule has 0 fully saturated rings. The third kappa shape index (κ3) is 2.89. The lowest BCUT2D eigenvalue weighted by molar-refractivity contribution is 0.476. The lowest BCUT2D eigenvalue weighted by Crippen LogP contribution is -1.98. The number of nitrogen functional groups attached to an aromatic ring is 1. The van der Waals surface area contributed by atoms with Gasteiger partial charge < -0.3 is 15.0 Å². The number of ether oxygens (including phenoxy) is 1. The lowest BCUT2D eigenvalue weighted by atomic mass is 10.3. The summed E-state index contributed by atoms with van der Waals surface area (Å²) in [6.07, 6.45) is 5.30. The van der Waals surface area contributed by atoms with Crippen molar-refractivity contribution in [3.05, 3.63) is 48.8 Å². The van der Waals surface area contributed by atoms with Gasteiger partial charge in [0, 0.05) is 35.7 Å². The van der Waals surface area contributed by atoms with E-state index in [-0.39, 0.29) is 0 Å². The minimum Gasteiger partial charge on any atom is -0.430 e. The average Bonchev–Trinajstić information content (AvgIpc) is 3.02. The van der Waals surface area contributed by atoms with Gasteiger partial charge in [0.1, 0.15) is 5.75 Å². The minimum absolute atomic E-state index is 0.501. The summed E-state index contributed by atoms with van der Waals surface area (Å²) in [5, 5.41) is 0.501. The molecule has 0 spiro atoms. The van der Waals surface area contributed by atoms with Gasteiger partial charge in [-0.05, 0) is 12.1 Å². The summed E-state index contributed by atoms with van der Waals surface area (Å²) in [6.45, 7) is 0.580. The Morgan fingerprint density at radius 1 is 1.37 bits per heavy atom. The van der Waals surface area contributed by atoms with E-state index in [1.807, 2.05) is 22.9 Å². The number of anilines is 1. The van der Waals surface area contributed by atoms with E-state index in [0.717, 1.165) is 0 Å². The van der Waals surface area contributed by atoms with Gasteiger partial charge in [0.15, 0.2) is 5.82 Å². The Bertz CT molecular complexity index is 664. The summed E-state index contributed by atoms with van der Waals surface area (Å²) in [7, 11) is 0. The van der Waals surface area contributed by atoms with Crippen LogP contribution in [-0.4, -0.2) is 18.9 Å². The molecule has 2 N–H and O–H groups in total. The standard InChI is InChI=1S/C12H11N5OS/c13-9-2-1-3-10(6-9)18-12-15-11(16-19-12)7-17-5-4-14-8-17/h1-6,8H,7,13H2. The molecule has 0 radical (unpaired) electrons. The molecule has 2 aromatic heterocycles. The Morgan fingerprint density at radius 2 is 2.32 bits per heavy atom. The van der Waals surface area contributed by atoms with Crippen molar-refractivity contribution in [2.45, 2.75) is 6.54 Å². The fourth-order valence-electron chi connectivity index (χ4n) is 1.57. The molecule has 0 aliphatic carbocycles. The lowest BCUT2D eigenvalue weighted by Gasteiger charge is -2.01. The van der Waals surface area contributed by atoms with Crippen LogP contribution >= 0.6 is 11.5 Å². The number of hydrogen-bond acceptors (Lipinski definition) is 6. The average molecular weight is 273 g/mol. The highest BCUT2D eigenvalue weighted by atomic mass is 32.1. The van der Waals surface area contributed by atoms with E-state index < -0.39 is 0 Å². The van der Waals surface area contributed by atoms with Crippen LogP contribution in [-0.2, 0) is 6.54 Å². The molecule has 19 heavy (non-hydrogen) atoms. The zero-order chi connectivity index (χ0) is 13.1. The zero-order valence-electron chi connectivity index (χ0n) is 9.93. The fourth-order valence-corrected chi connectivity index (χ4v) is 2.13. The molecule has 3 aromatic rings. The maximum Gasteiger partial charge on any atom is 0.298 e. The number of nitrogens with zero attached hydrogens (tertiary/aromatic N) is 4. The summed E-state index contributed by atoms with van der Waals surface area (Å²) >= 11 is 1.21. The van der Waals surface area contributed by atoms with Crippen LogP contribution in [0.25, 0.3) is 0 Å². The van der Waals surface area contributed by atoms with Gasteiger partial charge in [-0.3, -0.25) is 0 Å². The summed E-state index contributed by atoms with van der Waals surface area (Å²) in [5.74, 6) is 1.35. The van der Waals surface area contributed by atoms with E-state index in [1.165, 1.54) is 11.5 Å². The summed E-state index contributed by atoms with van der Waals surface area (Å²) in [5.41, 5.74) is 6.34. The Kier molecular flexibility index (Phi) is 3.11. The highest BCUT2D eigenvalue weighted by molar-refractivity contribution is 7.07. The molecule has 0 bridgehead atoms. The number of rotatable bonds is 4. The topological polar surface area (TPSA) is 78.9 Å². The molecule has 6 nitrogen and oxygen atoms in total. The molecule has 2 heterocycles. The van der Waals surface area contributed by atoms with E-state index in [2.05, 4.69) is 14.3 Å². The monoisotopic (exact) mass is 273 g/mol. The number of aromatic nitrogens is 4. The molecule has 0 unspecified atom stereocenters. The van der Waals surface area contributed by atoms with Gasteiger partial charge in [0.2, 0.25) is 0 Å². The normalized spacial score (nSPS) is 10.5. The highest BCUT2D eigenvalue weighted by Gasteiger charge is 2.07. The number of imidazole rings is 1. The molecule has 0 aliphatic rings.